The lowest BCUT2D eigenvalue weighted by Gasteiger charge is -2.07. The summed E-state index contributed by atoms with van der Waals surface area (Å²) in [4.78, 5) is 35.1. The summed E-state index contributed by atoms with van der Waals surface area (Å²) < 4.78 is 5.07. The van der Waals surface area contributed by atoms with Crippen LogP contribution in [0.3, 0.4) is 0 Å². The second-order valence-electron chi connectivity index (χ2n) is 6.47. The van der Waals surface area contributed by atoms with Crippen LogP contribution in [0.5, 0.6) is 11.5 Å². The summed E-state index contributed by atoms with van der Waals surface area (Å²) in [6.07, 6.45) is 1.27. The van der Waals surface area contributed by atoms with Gasteiger partial charge in [0.05, 0.1) is 18.2 Å². The van der Waals surface area contributed by atoms with Gasteiger partial charge in [0.1, 0.15) is 11.5 Å². The number of aromatic hydroxyl groups is 1. The zero-order valence-corrected chi connectivity index (χ0v) is 16.8. The standard InChI is InChI=1S/C22H18N4O6/c1-32-19-8-9-20(27)16(12-19)13-23-25-22(29)14-4-2-6-17(10-14)24-21(28)15-5-3-7-18(11-15)26(30)31/h2-13,27H,1H3,(H,24,28)(H,25,29). The number of hydrogen-bond donors (Lipinski definition) is 3. The number of hydrazone groups is 1. The molecule has 10 nitrogen and oxygen atoms in total. The van der Waals surface area contributed by atoms with Crippen molar-refractivity contribution in [3.05, 3.63) is 93.5 Å². The van der Waals surface area contributed by atoms with Gasteiger partial charge < -0.3 is 15.2 Å². The van der Waals surface area contributed by atoms with Gasteiger partial charge in [0.2, 0.25) is 0 Å². The molecule has 0 atom stereocenters. The Labute approximate surface area is 182 Å². The molecule has 0 aliphatic rings. The number of amides is 2. The average Bonchev–Trinajstić information content (AvgIpc) is 2.80. The van der Waals surface area contributed by atoms with Gasteiger partial charge in [-0.2, -0.15) is 5.10 Å². The van der Waals surface area contributed by atoms with Gasteiger partial charge >= 0.3 is 0 Å². The molecular weight excluding hydrogens is 416 g/mol. The van der Waals surface area contributed by atoms with E-state index >= 15 is 0 Å². The molecule has 0 saturated carbocycles. The van der Waals surface area contributed by atoms with Crippen LogP contribution in [-0.2, 0) is 0 Å². The number of nitrogens with one attached hydrogen (secondary N) is 2. The fourth-order valence-electron chi connectivity index (χ4n) is 2.69. The van der Waals surface area contributed by atoms with Gasteiger partial charge in [-0.3, -0.25) is 19.7 Å². The Morgan fingerprint density at radius 3 is 2.47 bits per heavy atom. The van der Waals surface area contributed by atoms with E-state index in [1.54, 1.807) is 24.3 Å². The van der Waals surface area contributed by atoms with Gasteiger partial charge in [-0.25, -0.2) is 5.43 Å². The predicted octanol–water partition coefficient (Wildman–Crippen LogP) is 3.33. The third-order valence-corrected chi connectivity index (χ3v) is 4.31. The summed E-state index contributed by atoms with van der Waals surface area (Å²) >= 11 is 0. The number of rotatable bonds is 7. The molecule has 162 valence electrons. The lowest BCUT2D eigenvalue weighted by atomic mass is 10.1. The Kier molecular flexibility index (Phi) is 6.76. The van der Waals surface area contributed by atoms with E-state index in [0.717, 1.165) is 6.07 Å². The molecule has 0 bridgehead atoms. The van der Waals surface area contributed by atoms with Crippen LogP contribution in [0.4, 0.5) is 11.4 Å². The minimum absolute atomic E-state index is 0.0327. The van der Waals surface area contributed by atoms with Crippen molar-refractivity contribution in [1.82, 2.24) is 5.43 Å². The van der Waals surface area contributed by atoms with Crippen molar-refractivity contribution in [2.45, 2.75) is 0 Å². The van der Waals surface area contributed by atoms with Crippen molar-refractivity contribution in [1.29, 1.82) is 0 Å². The van der Waals surface area contributed by atoms with Gasteiger partial charge in [0.15, 0.2) is 0 Å². The minimum Gasteiger partial charge on any atom is -0.507 e. The van der Waals surface area contributed by atoms with Gasteiger partial charge in [-0.1, -0.05) is 12.1 Å². The molecular formula is C22H18N4O6. The molecule has 10 heteroatoms. The first-order chi connectivity index (χ1) is 15.4. The lowest BCUT2D eigenvalue weighted by Crippen LogP contribution is -2.18. The zero-order valence-electron chi connectivity index (χ0n) is 16.8. The number of hydrogen-bond acceptors (Lipinski definition) is 7. The van der Waals surface area contributed by atoms with Crippen LogP contribution < -0.4 is 15.5 Å². The highest BCUT2D eigenvalue weighted by Gasteiger charge is 2.13. The monoisotopic (exact) mass is 434 g/mol. The minimum atomic E-state index is -0.590. The predicted molar refractivity (Wildman–Crippen MR) is 117 cm³/mol. The van der Waals surface area contributed by atoms with E-state index in [9.17, 15) is 24.8 Å². The third-order valence-electron chi connectivity index (χ3n) is 4.31. The Morgan fingerprint density at radius 2 is 1.75 bits per heavy atom. The molecule has 0 radical (unpaired) electrons. The number of carbonyl (C=O) groups excluding carboxylic acids is 2. The molecule has 0 saturated heterocycles. The lowest BCUT2D eigenvalue weighted by molar-refractivity contribution is -0.384. The Bertz CT molecular complexity index is 1210. The van der Waals surface area contributed by atoms with E-state index in [4.69, 9.17) is 4.74 Å². The van der Waals surface area contributed by atoms with Crippen LogP contribution >= 0.6 is 0 Å². The largest absolute Gasteiger partial charge is 0.507 e. The van der Waals surface area contributed by atoms with E-state index in [0.29, 0.717) is 17.0 Å². The topological polar surface area (TPSA) is 143 Å². The molecule has 3 aromatic carbocycles. The highest BCUT2D eigenvalue weighted by molar-refractivity contribution is 6.05. The maximum Gasteiger partial charge on any atom is 0.271 e. The second-order valence-corrected chi connectivity index (χ2v) is 6.47. The van der Waals surface area contributed by atoms with Crippen molar-refractivity contribution in [3.8, 4) is 11.5 Å². The summed E-state index contributed by atoms with van der Waals surface area (Å²) in [5.74, 6) is -0.620. The SMILES string of the molecule is COc1ccc(O)c(C=NNC(=O)c2cccc(NC(=O)c3cccc([N+](=O)[O-])c3)c2)c1. The Hall–Kier alpha value is -4.73. The number of non-ortho nitro benzene ring substituents is 1. The van der Waals surface area contributed by atoms with Gasteiger partial charge in [0.25, 0.3) is 17.5 Å². The fraction of sp³-hybridized carbons (Fsp3) is 0.0455. The number of nitrogens with zero attached hydrogens (tertiary/aromatic N) is 2. The Balaban J connectivity index is 1.68. The van der Waals surface area contributed by atoms with Crippen molar-refractivity contribution in [2.24, 2.45) is 5.10 Å². The number of ether oxygens (including phenoxy) is 1. The maximum absolute atomic E-state index is 12.4. The van der Waals surface area contributed by atoms with Gasteiger partial charge in [-0.15, -0.1) is 0 Å². The highest BCUT2D eigenvalue weighted by Crippen LogP contribution is 2.21. The molecule has 0 aliphatic carbocycles. The summed E-state index contributed by atoms with van der Waals surface area (Å²) in [6, 6.07) is 16.0. The van der Waals surface area contributed by atoms with Crippen LogP contribution in [0.25, 0.3) is 0 Å². The van der Waals surface area contributed by atoms with Crippen LogP contribution in [0, 0.1) is 10.1 Å². The quantitative estimate of drug-likeness (QED) is 0.296. The van der Waals surface area contributed by atoms with Crippen LogP contribution in [0.15, 0.2) is 71.8 Å². The van der Waals surface area contributed by atoms with E-state index in [1.165, 1.54) is 49.7 Å². The summed E-state index contributed by atoms with van der Waals surface area (Å²) in [7, 11) is 1.49. The molecule has 3 rings (SSSR count). The number of phenolic OH excluding ortho intramolecular Hbond substituents is 1. The smallest absolute Gasteiger partial charge is 0.271 e. The van der Waals surface area contributed by atoms with E-state index in [1.807, 2.05) is 0 Å². The molecule has 0 unspecified atom stereocenters. The average molecular weight is 434 g/mol. The van der Waals surface area contributed by atoms with Gasteiger partial charge in [0, 0.05) is 34.5 Å². The normalized spacial score (nSPS) is 10.5. The molecule has 3 N–H and O–H groups in total. The number of nitro groups is 1. The van der Waals surface area contributed by atoms with E-state index in [2.05, 4.69) is 15.8 Å². The first kappa shape index (κ1) is 22.0. The first-order valence-electron chi connectivity index (χ1n) is 9.23. The molecule has 0 aliphatic heterocycles. The number of benzene rings is 3. The van der Waals surface area contributed by atoms with Crippen LogP contribution in [0.1, 0.15) is 26.3 Å². The molecule has 0 spiro atoms. The molecule has 3 aromatic rings. The second kappa shape index (κ2) is 9.85. The maximum atomic E-state index is 12.4. The molecule has 2 amide bonds. The fourth-order valence-corrected chi connectivity index (χ4v) is 2.69. The van der Waals surface area contributed by atoms with Crippen LogP contribution in [-0.4, -0.2) is 35.2 Å². The zero-order chi connectivity index (χ0) is 23.1. The van der Waals surface area contributed by atoms with Crippen LogP contribution in [0.2, 0.25) is 0 Å². The number of methoxy groups -OCH3 is 1. The Morgan fingerprint density at radius 1 is 1.03 bits per heavy atom. The van der Waals surface area contributed by atoms with Crippen molar-refractivity contribution in [3.63, 3.8) is 0 Å². The third kappa shape index (κ3) is 5.45. The van der Waals surface area contributed by atoms with E-state index in [-0.39, 0.29) is 22.6 Å². The summed E-state index contributed by atoms with van der Waals surface area (Å²) in [5.41, 5.74) is 3.13. The van der Waals surface area contributed by atoms with Crippen molar-refractivity contribution >= 4 is 29.4 Å². The summed E-state index contributed by atoms with van der Waals surface area (Å²) in [6.45, 7) is 0. The summed E-state index contributed by atoms with van der Waals surface area (Å²) in [5, 5.41) is 27.1. The number of carbonyl (C=O) groups is 2. The number of phenols is 1. The molecule has 0 heterocycles. The van der Waals surface area contributed by atoms with Crippen molar-refractivity contribution in [2.75, 3.05) is 12.4 Å². The molecule has 0 aromatic heterocycles. The number of anilines is 1. The number of nitro benzene ring substituents is 1. The van der Waals surface area contributed by atoms with E-state index < -0.39 is 16.7 Å². The van der Waals surface area contributed by atoms with Gasteiger partial charge in [-0.05, 0) is 42.5 Å². The molecule has 0 fully saturated rings. The van der Waals surface area contributed by atoms with Crippen molar-refractivity contribution < 1.29 is 24.4 Å². The molecule has 32 heavy (non-hydrogen) atoms. The highest BCUT2D eigenvalue weighted by atomic mass is 16.6. The first-order valence-corrected chi connectivity index (χ1v) is 9.23.